The van der Waals surface area contributed by atoms with E-state index in [2.05, 4.69) is 16.6 Å². The Bertz CT molecular complexity index is 435. The number of esters is 1. The van der Waals surface area contributed by atoms with E-state index in [1.54, 1.807) is 24.3 Å². The Hall–Kier alpha value is -1.79. The standard InChI is InChI=1S/C14H16O3/c1-10(2)13(15)9-6-11-4-7-12(8-5-11)14(16)17-3/h4-5,7-8,10,13,15H,1-3H3. The number of rotatable bonds is 2. The molecule has 0 amide bonds. The van der Waals surface area contributed by atoms with E-state index in [0.717, 1.165) is 5.56 Å². The first-order valence-corrected chi connectivity index (χ1v) is 5.42. The number of aliphatic hydroxyl groups excluding tert-OH is 1. The van der Waals surface area contributed by atoms with Crippen LogP contribution in [0.2, 0.25) is 0 Å². The average Bonchev–Trinajstić information content (AvgIpc) is 2.35. The van der Waals surface area contributed by atoms with Gasteiger partial charge in [0.2, 0.25) is 0 Å². The number of carbonyl (C=O) groups excluding carboxylic acids is 1. The van der Waals surface area contributed by atoms with E-state index in [-0.39, 0.29) is 11.9 Å². The first-order valence-electron chi connectivity index (χ1n) is 5.42. The molecule has 0 aromatic heterocycles. The predicted octanol–water partition coefficient (Wildman–Crippen LogP) is 1.84. The molecule has 3 heteroatoms. The van der Waals surface area contributed by atoms with Gasteiger partial charge in [0.1, 0.15) is 6.10 Å². The summed E-state index contributed by atoms with van der Waals surface area (Å²) < 4.78 is 4.59. The molecule has 17 heavy (non-hydrogen) atoms. The maximum atomic E-state index is 11.2. The van der Waals surface area contributed by atoms with Crippen molar-refractivity contribution in [2.45, 2.75) is 20.0 Å². The van der Waals surface area contributed by atoms with Gasteiger partial charge in [0.25, 0.3) is 0 Å². The van der Waals surface area contributed by atoms with Gasteiger partial charge < -0.3 is 9.84 Å². The van der Waals surface area contributed by atoms with Crippen LogP contribution in [0.4, 0.5) is 0 Å². The van der Waals surface area contributed by atoms with E-state index in [4.69, 9.17) is 0 Å². The van der Waals surface area contributed by atoms with Gasteiger partial charge in [-0.05, 0) is 30.2 Å². The summed E-state index contributed by atoms with van der Waals surface area (Å²) >= 11 is 0. The molecule has 0 radical (unpaired) electrons. The topological polar surface area (TPSA) is 46.5 Å². The highest BCUT2D eigenvalue weighted by molar-refractivity contribution is 5.89. The number of benzene rings is 1. The summed E-state index contributed by atoms with van der Waals surface area (Å²) in [6.07, 6.45) is -0.629. The fourth-order valence-corrected chi connectivity index (χ4v) is 1.13. The zero-order valence-corrected chi connectivity index (χ0v) is 10.2. The summed E-state index contributed by atoms with van der Waals surface area (Å²) in [6.45, 7) is 3.80. The summed E-state index contributed by atoms with van der Waals surface area (Å²) in [4.78, 5) is 11.2. The van der Waals surface area contributed by atoms with E-state index in [0.29, 0.717) is 5.56 Å². The minimum atomic E-state index is -0.629. The molecule has 1 N–H and O–H groups in total. The molecule has 0 spiro atoms. The fraction of sp³-hybridized carbons (Fsp3) is 0.357. The molecule has 0 saturated carbocycles. The van der Waals surface area contributed by atoms with Crippen LogP contribution in [0.25, 0.3) is 0 Å². The summed E-state index contributed by atoms with van der Waals surface area (Å²) in [5.74, 6) is 5.35. The lowest BCUT2D eigenvalue weighted by molar-refractivity contribution is 0.0600. The Morgan fingerprint density at radius 3 is 2.35 bits per heavy atom. The molecule has 1 unspecified atom stereocenters. The third-order valence-electron chi connectivity index (χ3n) is 2.30. The van der Waals surface area contributed by atoms with Crippen LogP contribution in [0, 0.1) is 17.8 Å². The van der Waals surface area contributed by atoms with E-state index in [9.17, 15) is 9.90 Å². The van der Waals surface area contributed by atoms with Gasteiger partial charge in [-0.3, -0.25) is 0 Å². The lowest BCUT2D eigenvalue weighted by Crippen LogP contribution is -2.11. The highest BCUT2D eigenvalue weighted by atomic mass is 16.5. The summed E-state index contributed by atoms with van der Waals surface area (Å²) in [6, 6.07) is 6.76. The predicted molar refractivity (Wildman–Crippen MR) is 65.5 cm³/mol. The molecular formula is C14H16O3. The number of hydrogen-bond acceptors (Lipinski definition) is 3. The largest absolute Gasteiger partial charge is 0.465 e. The summed E-state index contributed by atoms with van der Waals surface area (Å²) in [7, 11) is 1.34. The second kappa shape index (κ2) is 6.07. The van der Waals surface area contributed by atoms with Gasteiger partial charge in [0.15, 0.2) is 0 Å². The van der Waals surface area contributed by atoms with Crippen molar-refractivity contribution in [3.05, 3.63) is 35.4 Å². The number of aliphatic hydroxyl groups is 1. The minimum Gasteiger partial charge on any atom is -0.465 e. The van der Waals surface area contributed by atoms with Crippen molar-refractivity contribution in [2.24, 2.45) is 5.92 Å². The van der Waals surface area contributed by atoms with E-state index in [1.165, 1.54) is 7.11 Å². The van der Waals surface area contributed by atoms with Crippen molar-refractivity contribution in [3.8, 4) is 11.8 Å². The zero-order valence-electron chi connectivity index (χ0n) is 10.2. The maximum absolute atomic E-state index is 11.2. The summed E-state index contributed by atoms with van der Waals surface area (Å²) in [5, 5.41) is 9.52. The van der Waals surface area contributed by atoms with Crippen LogP contribution in [0.3, 0.4) is 0 Å². The molecule has 1 aromatic carbocycles. The van der Waals surface area contributed by atoms with E-state index < -0.39 is 6.10 Å². The Balaban J connectivity index is 2.78. The van der Waals surface area contributed by atoms with Crippen molar-refractivity contribution in [2.75, 3.05) is 7.11 Å². The number of hydrogen-bond donors (Lipinski definition) is 1. The molecule has 0 fully saturated rings. The Labute approximate surface area is 101 Å². The SMILES string of the molecule is COC(=O)c1ccc(C#CC(O)C(C)C)cc1. The van der Waals surface area contributed by atoms with Crippen LogP contribution < -0.4 is 0 Å². The lowest BCUT2D eigenvalue weighted by Gasteiger charge is -2.05. The van der Waals surface area contributed by atoms with Crippen LogP contribution in [-0.4, -0.2) is 24.3 Å². The van der Waals surface area contributed by atoms with Crippen LogP contribution in [0.1, 0.15) is 29.8 Å². The monoisotopic (exact) mass is 232 g/mol. The van der Waals surface area contributed by atoms with Crippen LogP contribution in [-0.2, 0) is 4.74 Å². The molecule has 90 valence electrons. The average molecular weight is 232 g/mol. The van der Waals surface area contributed by atoms with Gasteiger partial charge >= 0.3 is 5.97 Å². The lowest BCUT2D eigenvalue weighted by atomic mass is 10.1. The Kier molecular flexibility index (Phi) is 4.74. The third-order valence-corrected chi connectivity index (χ3v) is 2.30. The zero-order chi connectivity index (χ0) is 12.8. The van der Waals surface area contributed by atoms with Crippen molar-refractivity contribution < 1.29 is 14.6 Å². The quantitative estimate of drug-likeness (QED) is 0.625. The number of methoxy groups -OCH3 is 1. The minimum absolute atomic E-state index is 0.108. The Morgan fingerprint density at radius 1 is 1.29 bits per heavy atom. The maximum Gasteiger partial charge on any atom is 0.337 e. The van der Waals surface area contributed by atoms with Gasteiger partial charge in [-0.2, -0.15) is 0 Å². The van der Waals surface area contributed by atoms with Gasteiger partial charge in [-0.15, -0.1) is 0 Å². The highest BCUT2D eigenvalue weighted by Gasteiger charge is 2.05. The molecule has 0 aliphatic carbocycles. The first kappa shape index (κ1) is 13.3. The molecule has 0 saturated heterocycles. The van der Waals surface area contributed by atoms with E-state index in [1.807, 2.05) is 13.8 Å². The number of carbonyl (C=O) groups is 1. The third kappa shape index (κ3) is 3.93. The fourth-order valence-electron chi connectivity index (χ4n) is 1.13. The van der Waals surface area contributed by atoms with Gasteiger partial charge in [0, 0.05) is 5.56 Å². The van der Waals surface area contributed by atoms with E-state index >= 15 is 0 Å². The number of ether oxygens (including phenoxy) is 1. The second-order valence-corrected chi connectivity index (χ2v) is 4.03. The second-order valence-electron chi connectivity index (χ2n) is 4.03. The smallest absolute Gasteiger partial charge is 0.337 e. The van der Waals surface area contributed by atoms with Crippen molar-refractivity contribution in [1.82, 2.24) is 0 Å². The van der Waals surface area contributed by atoms with Crippen molar-refractivity contribution in [1.29, 1.82) is 0 Å². The molecular weight excluding hydrogens is 216 g/mol. The molecule has 3 nitrogen and oxygen atoms in total. The molecule has 0 bridgehead atoms. The van der Waals surface area contributed by atoms with Crippen molar-refractivity contribution in [3.63, 3.8) is 0 Å². The van der Waals surface area contributed by atoms with Gasteiger partial charge in [-0.25, -0.2) is 4.79 Å². The van der Waals surface area contributed by atoms with Crippen LogP contribution in [0.5, 0.6) is 0 Å². The first-order chi connectivity index (χ1) is 8.04. The Morgan fingerprint density at radius 2 is 1.88 bits per heavy atom. The summed E-state index contributed by atoms with van der Waals surface area (Å²) in [5.41, 5.74) is 1.25. The normalized spacial score (nSPS) is 11.6. The molecule has 0 heterocycles. The van der Waals surface area contributed by atoms with Crippen LogP contribution >= 0.6 is 0 Å². The van der Waals surface area contributed by atoms with Crippen LogP contribution in [0.15, 0.2) is 24.3 Å². The van der Waals surface area contributed by atoms with Gasteiger partial charge in [0.05, 0.1) is 12.7 Å². The van der Waals surface area contributed by atoms with Crippen molar-refractivity contribution >= 4 is 5.97 Å². The molecule has 1 aromatic rings. The highest BCUT2D eigenvalue weighted by Crippen LogP contribution is 2.05. The molecule has 0 aliphatic rings. The van der Waals surface area contributed by atoms with Gasteiger partial charge in [-0.1, -0.05) is 25.7 Å². The molecule has 1 atom stereocenters. The molecule has 0 aliphatic heterocycles. The molecule has 1 rings (SSSR count).